The summed E-state index contributed by atoms with van der Waals surface area (Å²) >= 11 is 1.70. The van der Waals surface area contributed by atoms with Gasteiger partial charge in [-0.05, 0) is 37.7 Å². The number of aromatic carboxylic acids is 1. The number of hydrogen-bond donors (Lipinski definition) is 2. The van der Waals surface area contributed by atoms with Gasteiger partial charge in [-0.3, -0.25) is 0 Å². The fourth-order valence-electron chi connectivity index (χ4n) is 2.14. The topological polar surface area (TPSA) is 83.5 Å². The number of hydrogen-bond acceptors (Lipinski definition) is 4. The van der Waals surface area contributed by atoms with Crippen molar-refractivity contribution in [2.45, 2.75) is 29.9 Å². The van der Waals surface area contributed by atoms with Gasteiger partial charge in [-0.2, -0.15) is 11.8 Å². The van der Waals surface area contributed by atoms with Crippen LogP contribution in [0, 0.1) is 12.7 Å². The zero-order valence-electron chi connectivity index (χ0n) is 11.4. The molecule has 5 nitrogen and oxygen atoms in total. The van der Waals surface area contributed by atoms with Crippen molar-refractivity contribution < 1.29 is 22.7 Å². The number of nitrogens with one attached hydrogen (secondary N) is 1. The van der Waals surface area contributed by atoms with Crippen LogP contribution in [0.3, 0.4) is 0 Å². The second-order valence-electron chi connectivity index (χ2n) is 4.87. The van der Waals surface area contributed by atoms with E-state index in [0.29, 0.717) is 0 Å². The molecule has 0 bridgehead atoms. The first kappa shape index (κ1) is 16.3. The van der Waals surface area contributed by atoms with Crippen LogP contribution in [0.25, 0.3) is 0 Å². The minimum absolute atomic E-state index is 0.0772. The predicted octanol–water partition coefficient (Wildman–Crippen LogP) is 2.01. The Kier molecular flexibility index (Phi) is 4.90. The summed E-state index contributed by atoms with van der Waals surface area (Å²) in [6.45, 7) is 1.59. The summed E-state index contributed by atoms with van der Waals surface area (Å²) in [5.41, 5.74) is -0.458. The van der Waals surface area contributed by atoms with Gasteiger partial charge < -0.3 is 5.11 Å². The maximum absolute atomic E-state index is 13.7. The van der Waals surface area contributed by atoms with E-state index < -0.39 is 21.8 Å². The van der Waals surface area contributed by atoms with Crippen LogP contribution in [0.4, 0.5) is 4.39 Å². The molecular weight excluding hydrogens is 317 g/mol. The van der Waals surface area contributed by atoms with Gasteiger partial charge in [0.1, 0.15) is 5.82 Å². The standard InChI is InChI=1S/C13H16FNO4S2/c1-8-11(14)5-9(13(16)17)6-12(8)21(18,19)15-7-10-3-2-4-20-10/h5-6,10,15H,2-4,7H2,1H3,(H,16,17). The fraction of sp³-hybridized carbons (Fsp3) is 0.462. The highest BCUT2D eigenvalue weighted by Gasteiger charge is 2.24. The van der Waals surface area contributed by atoms with Crippen LogP contribution in [-0.4, -0.2) is 37.0 Å². The van der Waals surface area contributed by atoms with Gasteiger partial charge in [0.25, 0.3) is 0 Å². The van der Waals surface area contributed by atoms with Gasteiger partial charge in [0.15, 0.2) is 0 Å². The molecule has 1 aliphatic rings. The van der Waals surface area contributed by atoms with Gasteiger partial charge >= 0.3 is 5.97 Å². The molecule has 1 heterocycles. The molecule has 1 atom stereocenters. The molecule has 0 radical (unpaired) electrons. The normalized spacial score (nSPS) is 18.9. The van der Waals surface area contributed by atoms with E-state index in [9.17, 15) is 17.6 Å². The molecule has 1 aliphatic heterocycles. The number of sulfonamides is 1. The molecule has 21 heavy (non-hydrogen) atoms. The number of carboxylic acid groups (broad SMARTS) is 1. The molecule has 0 saturated carbocycles. The zero-order chi connectivity index (χ0) is 15.6. The molecule has 1 unspecified atom stereocenters. The number of rotatable bonds is 5. The average molecular weight is 333 g/mol. The van der Waals surface area contributed by atoms with Crippen LogP contribution in [0.1, 0.15) is 28.8 Å². The van der Waals surface area contributed by atoms with Crippen molar-refractivity contribution in [3.63, 3.8) is 0 Å². The predicted molar refractivity (Wildman–Crippen MR) is 78.8 cm³/mol. The molecule has 0 aromatic heterocycles. The molecule has 116 valence electrons. The Balaban J connectivity index is 2.27. The third-order valence-electron chi connectivity index (χ3n) is 3.36. The van der Waals surface area contributed by atoms with Gasteiger partial charge in [-0.25, -0.2) is 22.3 Å². The lowest BCUT2D eigenvalue weighted by molar-refractivity contribution is 0.0696. The Bertz CT molecular complexity index is 654. The zero-order valence-corrected chi connectivity index (χ0v) is 13.1. The molecule has 1 aromatic rings. The molecule has 0 amide bonds. The maximum atomic E-state index is 13.7. The largest absolute Gasteiger partial charge is 0.478 e. The second-order valence-corrected chi connectivity index (χ2v) is 8.02. The molecule has 2 N–H and O–H groups in total. The Hall–Kier alpha value is -1.12. The van der Waals surface area contributed by atoms with Crippen LogP contribution in [-0.2, 0) is 10.0 Å². The van der Waals surface area contributed by atoms with E-state index in [-0.39, 0.29) is 27.8 Å². The number of benzene rings is 1. The van der Waals surface area contributed by atoms with Crippen molar-refractivity contribution in [1.82, 2.24) is 4.72 Å². The van der Waals surface area contributed by atoms with E-state index in [1.54, 1.807) is 11.8 Å². The first-order valence-corrected chi connectivity index (χ1v) is 8.99. The fourth-order valence-corrected chi connectivity index (χ4v) is 4.81. The number of carboxylic acids is 1. The van der Waals surface area contributed by atoms with E-state index in [2.05, 4.69) is 4.72 Å². The quantitative estimate of drug-likeness (QED) is 0.861. The van der Waals surface area contributed by atoms with Crippen LogP contribution in [0.2, 0.25) is 0 Å². The Morgan fingerprint density at radius 1 is 1.52 bits per heavy atom. The molecule has 1 saturated heterocycles. The lowest BCUT2D eigenvalue weighted by atomic mass is 10.1. The summed E-state index contributed by atoms with van der Waals surface area (Å²) in [5, 5.41) is 9.12. The number of carbonyl (C=O) groups is 1. The van der Waals surface area contributed by atoms with Gasteiger partial charge in [-0.1, -0.05) is 0 Å². The van der Waals surface area contributed by atoms with E-state index >= 15 is 0 Å². The Labute approximate surface area is 127 Å². The van der Waals surface area contributed by atoms with Crippen LogP contribution in [0.5, 0.6) is 0 Å². The second kappa shape index (κ2) is 6.33. The van der Waals surface area contributed by atoms with Crippen molar-refractivity contribution in [3.8, 4) is 0 Å². The third kappa shape index (κ3) is 3.75. The summed E-state index contributed by atoms with van der Waals surface area (Å²) < 4.78 is 40.7. The highest BCUT2D eigenvalue weighted by Crippen LogP contribution is 2.26. The van der Waals surface area contributed by atoms with Crippen molar-refractivity contribution in [1.29, 1.82) is 0 Å². The minimum Gasteiger partial charge on any atom is -0.478 e. The van der Waals surface area contributed by atoms with E-state index in [1.807, 2.05) is 0 Å². The SMILES string of the molecule is Cc1c(F)cc(C(=O)O)cc1S(=O)(=O)NCC1CCCS1. The number of thioether (sulfide) groups is 1. The third-order valence-corrected chi connectivity index (χ3v) is 6.31. The van der Waals surface area contributed by atoms with Gasteiger partial charge in [-0.15, -0.1) is 0 Å². The van der Waals surface area contributed by atoms with Crippen molar-refractivity contribution in [2.24, 2.45) is 0 Å². The molecular formula is C13H16FNO4S2. The summed E-state index contributed by atoms with van der Waals surface area (Å²) in [7, 11) is -3.92. The molecule has 8 heteroatoms. The molecule has 0 aliphatic carbocycles. The summed E-state index contributed by atoms with van der Waals surface area (Å²) in [6, 6.07) is 1.81. The van der Waals surface area contributed by atoms with E-state index in [4.69, 9.17) is 5.11 Å². The highest BCUT2D eigenvalue weighted by molar-refractivity contribution is 8.00. The van der Waals surface area contributed by atoms with E-state index in [1.165, 1.54) is 6.92 Å². The smallest absolute Gasteiger partial charge is 0.335 e. The first-order valence-electron chi connectivity index (χ1n) is 6.46. The van der Waals surface area contributed by atoms with Gasteiger partial charge in [0.2, 0.25) is 10.0 Å². The van der Waals surface area contributed by atoms with Crippen LogP contribution in [0.15, 0.2) is 17.0 Å². The summed E-state index contributed by atoms with van der Waals surface area (Å²) in [6.07, 6.45) is 1.99. The van der Waals surface area contributed by atoms with Gasteiger partial charge in [0, 0.05) is 17.4 Å². The van der Waals surface area contributed by atoms with Crippen molar-refractivity contribution in [2.75, 3.05) is 12.3 Å². The highest BCUT2D eigenvalue weighted by atomic mass is 32.2. The van der Waals surface area contributed by atoms with Crippen molar-refractivity contribution in [3.05, 3.63) is 29.1 Å². The lowest BCUT2D eigenvalue weighted by Crippen LogP contribution is -2.30. The lowest BCUT2D eigenvalue weighted by Gasteiger charge is -2.13. The average Bonchev–Trinajstić information content (AvgIpc) is 2.92. The van der Waals surface area contributed by atoms with E-state index in [0.717, 1.165) is 30.7 Å². The minimum atomic E-state index is -3.92. The Morgan fingerprint density at radius 2 is 2.24 bits per heavy atom. The molecule has 1 fully saturated rings. The van der Waals surface area contributed by atoms with Crippen LogP contribution < -0.4 is 4.72 Å². The molecule has 1 aromatic carbocycles. The van der Waals surface area contributed by atoms with Crippen molar-refractivity contribution >= 4 is 27.8 Å². The molecule has 0 spiro atoms. The summed E-state index contributed by atoms with van der Waals surface area (Å²) in [4.78, 5) is 10.6. The Morgan fingerprint density at radius 3 is 2.81 bits per heavy atom. The summed E-state index contributed by atoms with van der Waals surface area (Å²) in [5.74, 6) is -1.20. The van der Waals surface area contributed by atoms with Gasteiger partial charge in [0.05, 0.1) is 10.5 Å². The first-order chi connectivity index (χ1) is 9.81. The maximum Gasteiger partial charge on any atom is 0.335 e. The monoisotopic (exact) mass is 333 g/mol. The molecule has 2 rings (SSSR count). The van der Waals surface area contributed by atoms with Crippen LogP contribution >= 0.6 is 11.8 Å². The number of halogens is 1.